The van der Waals surface area contributed by atoms with Gasteiger partial charge in [-0.3, -0.25) is 9.59 Å². The molecule has 0 rings (SSSR count). The van der Waals surface area contributed by atoms with E-state index >= 15 is 0 Å². The zero-order valence-corrected chi connectivity index (χ0v) is 10.7. The highest BCUT2D eigenvalue weighted by Crippen LogP contribution is 1.99. The SMILES string of the molecule is CC(C)CC(=O)NC(CNC(=O)CCN)C(=O)O. The molecule has 1 atom stereocenters. The van der Waals surface area contributed by atoms with Gasteiger partial charge in [-0.25, -0.2) is 4.79 Å². The number of hydrogen-bond donors (Lipinski definition) is 4. The number of rotatable bonds is 8. The fourth-order valence-corrected chi connectivity index (χ4v) is 1.26. The Bertz CT molecular complexity index is 305. The van der Waals surface area contributed by atoms with Gasteiger partial charge in [-0.05, 0) is 5.92 Å². The minimum absolute atomic E-state index is 0.131. The number of nitrogens with one attached hydrogen (secondary N) is 2. The number of hydrogen-bond acceptors (Lipinski definition) is 4. The van der Waals surface area contributed by atoms with Crippen LogP contribution in [0.5, 0.6) is 0 Å². The normalized spacial score (nSPS) is 12.0. The quantitative estimate of drug-likeness (QED) is 0.448. The van der Waals surface area contributed by atoms with Gasteiger partial charge in [-0.2, -0.15) is 0 Å². The first-order valence-electron chi connectivity index (χ1n) is 5.85. The lowest BCUT2D eigenvalue weighted by Crippen LogP contribution is -2.48. The highest BCUT2D eigenvalue weighted by molar-refractivity contribution is 5.84. The average Bonchev–Trinajstić information content (AvgIpc) is 2.23. The van der Waals surface area contributed by atoms with E-state index in [-0.39, 0.29) is 43.7 Å². The zero-order valence-electron chi connectivity index (χ0n) is 10.7. The molecule has 18 heavy (non-hydrogen) atoms. The lowest BCUT2D eigenvalue weighted by Gasteiger charge is -2.16. The van der Waals surface area contributed by atoms with Gasteiger partial charge in [0.1, 0.15) is 6.04 Å². The van der Waals surface area contributed by atoms with Crippen molar-refractivity contribution in [3.8, 4) is 0 Å². The van der Waals surface area contributed by atoms with E-state index in [4.69, 9.17) is 10.8 Å². The molecule has 5 N–H and O–H groups in total. The third-order valence-electron chi connectivity index (χ3n) is 2.10. The predicted molar refractivity (Wildman–Crippen MR) is 65.7 cm³/mol. The number of carboxylic acid groups (broad SMARTS) is 1. The van der Waals surface area contributed by atoms with Crippen LogP contribution < -0.4 is 16.4 Å². The zero-order chi connectivity index (χ0) is 14.1. The fraction of sp³-hybridized carbons (Fsp3) is 0.727. The topological polar surface area (TPSA) is 122 Å². The van der Waals surface area contributed by atoms with E-state index in [9.17, 15) is 14.4 Å². The number of carbonyl (C=O) groups is 3. The van der Waals surface area contributed by atoms with Gasteiger partial charge in [0.05, 0.1) is 0 Å². The molecule has 104 valence electrons. The van der Waals surface area contributed by atoms with Gasteiger partial charge < -0.3 is 21.5 Å². The Hall–Kier alpha value is -1.63. The molecule has 7 nitrogen and oxygen atoms in total. The predicted octanol–water partition coefficient (Wildman–Crippen LogP) is -0.933. The van der Waals surface area contributed by atoms with Crippen molar-refractivity contribution in [2.24, 2.45) is 11.7 Å². The van der Waals surface area contributed by atoms with Crippen LogP contribution in [-0.4, -0.2) is 42.0 Å². The number of nitrogens with two attached hydrogens (primary N) is 1. The van der Waals surface area contributed by atoms with Gasteiger partial charge in [-0.15, -0.1) is 0 Å². The van der Waals surface area contributed by atoms with Crippen molar-refractivity contribution in [1.82, 2.24) is 10.6 Å². The summed E-state index contributed by atoms with van der Waals surface area (Å²) in [6.07, 6.45) is 0.382. The summed E-state index contributed by atoms with van der Waals surface area (Å²) in [6, 6.07) is -1.11. The summed E-state index contributed by atoms with van der Waals surface area (Å²) in [6.45, 7) is 3.78. The molecule has 0 aliphatic carbocycles. The summed E-state index contributed by atoms with van der Waals surface area (Å²) in [5, 5.41) is 13.7. The number of aliphatic carboxylic acids is 1. The third kappa shape index (κ3) is 7.61. The van der Waals surface area contributed by atoms with Crippen molar-refractivity contribution < 1.29 is 19.5 Å². The number of carbonyl (C=O) groups excluding carboxylic acids is 2. The second kappa shape index (κ2) is 8.46. The van der Waals surface area contributed by atoms with E-state index < -0.39 is 12.0 Å². The second-order valence-corrected chi connectivity index (χ2v) is 4.40. The van der Waals surface area contributed by atoms with Gasteiger partial charge in [0, 0.05) is 25.9 Å². The summed E-state index contributed by atoms with van der Waals surface area (Å²) in [5.74, 6) is -1.71. The molecule has 0 aromatic rings. The minimum Gasteiger partial charge on any atom is -0.480 e. The first kappa shape index (κ1) is 16.4. The molecule has 7 heteroatoms. The van der Waals surface area contributed by atoms with Crippen molar-refractivity contribution in [2.75, 3.05) is 13.1 Å². The van der Waals surface area contributed by atoms with Crippen molar-refractivity contribution in [3.63, 3.8) is 0 Å². The molecule has 0 aromatic heterocycles. The van der Waals surface area contributed by atoms with Crippen LogP contribution in [-0.2, 0) is 14.4 Å². The lowest BCUT2D eigenvalue weighted by atomic mass is 10.1. The summed E-state index contributed by atoms with van der Waals surface area (Å²) >= 11 is 0. The first-order valence-corrected chi connectivity index (χ1v) is 5.85. The van der Waals surface area contributed by atoms with Crippen molar-refractivity contribution in [2.45, 2.75) is 32.7 Å². The summed E-state index contributed by atoms with van der Waals surface area (Å²) in [5.41, 5.74) is 5.18. The number of carboxylic acids is 1. The molecule has 1 unspecified atom stereocenters. The van der Waals surface area contributed by atoms with E-state index in [2.05, 4.69) is 10.6 Å². The maximum absolute atomic E-state index is 11.4. The second-order valence-electron chi connectivity index (χ2n) is 4.40. The van der Waals surface area contributed by atoms with Gasteiger partial charge in [0.2, 0.25) is 11.8 Å². The molecule has 0 saturated heterocycles. The molecule has 0 aliphatic heterocycles. The van der Waals surface area contributed by atoms with E-state index in [1.807, 2.05) is 13.8 Å². The monoisotopic (exact) mass is 259 g/mol. The van der Waals surface area contributed by atoms with Crippen LogP contribution in [0.2, 0.25) is 0 Å². The van der Waals surface area contributed by atoms with Crippen LogP contribution in [0, 0.1) is 5.92 Å². The molecule has 0 fully saturated rings. The van der Waals surface area contributed by atoms with E-state index in [0.717, 1.165) is 0 Å². The third-order valence-corrected chi connectivity index (χ3v) is 2.10. The van der Waals surface area contributed by atoms with Gasteiger partial charge in [-0.1, -0.05) is 13.8 Å². The lowest BCUT2D eigenvalue weighted by molar-refractivity contribution is -0.142. The highest BCUT2D eigenvalue weighted by Gasteiger charge is 2.20. The van der Waals surface area contributed by atoms with Crippen LogP contribution in [0.1, 0.15) is 26.7 Å². The molecule has 0 bridgehead atoms. The Labute approximate surface area is 106 Å². The Balaban J connectivity index is 4.19. The highest BCUT2D eigenvalue weighted by atomic mass is 16.4. The van der Waals surface area contributed by atoms with Gasteiger partial charge in [0.25, 0.3) is 0 Å². The molecular weight excluding hydrogens is 238 g/mol. The molecule has 0 radical (unpaired) electrons. The van der Waals surface area contributed by atoms with E-state index in [1.54, 1.807) is 0 Å². The van der Waals surface area contributed by atoms with Crippen molar-refractivity contribution in [1.29, 1.82) is 0 Å². The first-order chi connectivity index (χ1) is 8.36. The molecule has 0 saturated carbocycles. The summed E-state index contributed by atoms with van der Waals surface area (Å²) in [4.78, 5) is 33.5. The fourth-order valence-electron chi connectivity index (χ4n) is 1.26. The summed E-state index contributed by atoms with van der Waals surface area (Å²) in [7, 11) is 0. The van der Waals surface area contributed by atoms with E-state index in [0.29, 0.717) is 0 Å². The Morgan fingerprint density at radius 1 is 1.22 bits per heavy atom. The number of amides is 2. The molecular formula is C11H21N3O4. The minimum atomic E-state index is -1.18. The van der Waals surface area contributed by atoms with Crippen LogP contribution in [0.4, 0.5) is 0 Å². The van der Waals surface area contributed by atoms with Crippen LogP contribution in [0.3, 0.4) is 0 Å². The van der Waals surface area contributed by atoms with Gasteiger partial charge >= 0.3 is 5.97 Å². The van der Waals surface area contributed by atoms with Crippen LogP contribution in [0.25, 0.3) is 0 Å². The van der Waals surface area contributed by atoms with E-state index in [1.165, 1.54) is 0 Å². The Morgan fingerprint density at radius 2 is 1.83 bits per heavy atom. The smallest absolute Gasteiger partial charge is 0.328 e. The Morgan fingerprint density at radius 3 is 2.28 bits per heavy atom. The van der Waals surface area contributed by atoms with Crippen molar-refractivity contribution >= 4 is 17.8 Å². The maximum Gasteiger partial charge on any atom is 0.328 e. The van der Waals surface area contributed by atoms with Crippen LogP contribution in [0.15, 0.2) is 0 Å². The maximum atomic E-state index is 11.4. The van der Waals surface area contributed by atoms with Gasteiger partial charge in [0.15, 0.2) is 0 Å². The summed E-state index contributed by atoms with van der Waals surface area (Å²) < 4.78 is 0. The standard InChI is InChI=1S/C11H21N3O4/c1-7(2)5-10(16)14-8(11(17)18)6-13-9(15)3-4-12/h7-8H,3-6,12H2,1-2H3,(H,13,15)(H,14,16)(H,17,18). The Kier molecular flexibility index (Phi) is 7.69. The molecule has 0 heterocycles. The average molecular weight is 259 g/mol. The van der Waals surface area contributed by atoms with Crippen LogP contribution >= 0.6 is 0 Å². The van der Waals surface area contributed by atoms with Crippen molar-refractivity contribution in [3.05, 3.63) is 0 Å². The molecule has 0 spiro atoms. The molecule has 0 aromatic carbocycles. The molecule has 0 aliphatic rings. The largest absolute Gasteiger partial charge is 0.480 e. The molecule has 2 amide bonds.